The summed E-state index contributed by atoms with van der Waals surface area (Å²) in [5, 5.41) is 45.5. The van der Waals surface area contributed by atoms with E-state index in [-0.39, 0.29) is 39.0 Å². The SMILES string of the molecule is CC(NC(=O)[C@@H]1CCCN1C(=O)[C@@H]1CCCN1C(=O)[C@@H]1CCCN1C(=O)[C@H](CO)NN)C(=O)NCC(=O)NC(CO)C(=O)N[C@@H](CO)C(=O)N1CCC[C@H]1C(=O)NCC(=O)NCC(=O)N[C@H](C=O)CC(N)=O. The summed E-state index contributed by atoms with van der Waals surface area (Å²) in [7, 11) is 0. The molecule has 72 heavy (non-hydrogen) atoms. The summed E-state index contributed by atoms with van der Waals surface area (Å²) in [6.45, 7) is -2.44. The number of rotatable bonds is 25. The maximum atomic E-state index is 14.0. The van der Waals surface area contributed by atoms with Crippen LogP contribution in [0, 0.1) is 0 Å². The van der Waals surface area contributed by atoms with Crippen molar-refractivity contribution in [2.24, 2.45) is 11.6 Å². The molecule has 4 aliphatic rings. The first kappa shape index (κ1) is 57.7. The summed E-state index contributed by atoms with van der Waals surface area (Å²) >= 11 is 0. The van der Waals surface area contributed by atoms with Crippen molar-refractivity contribution in [2.45, 2.75) is 119 Å². The van der Waals surface area contributed by atoms with Gasteiger partial charge in [0.05, 0.1) is 51.9 Å². The van der Waals surface area contributed by atoms with E-state index in [1.165, 1.54) is 21.6 Å². The predicted molar refractivity (Wildman–Crippen MR) is 244 cm³/mol. The molecule has 4 fully saturated rings. The molecule has 9 atom stereocenters. The van der Waals surface area contributed by atoms with Crippen LogP contribution in [0.1, 0.15) is 64.7 Å². The Bertz CT molecular complexity index is 2060. The van der Waals surface area contributed by atoms with Gasteiger partial charge in [0.1, 0.15) is 54.6 Å². The van der Waals surface area contributed by atoms with Crippen molar-refractivity contribution in [3.05, 3.63) is 0 Å². The highest BCUT2D eigenvalue weighted by atomic mass is 16.3. The lowest BCUT2D eigenvalue weighted by molar-refractivity contribution is -0.151. The number of carbonyl (C=O) groups excluding carboxylic acids is 13. The summed E-state index contributed by atoms with van der Waals surface area (Å²) in [4.78, 5) is 171. The van der Waals surface area contributed by atoms with Crippen molar-refractivity contribution >= 4 is 77.2 Å². The van der Waals surface area contributed by atoms with Crippen LogP contribution in [0.25, 0.3) is 0 Å². The number of likely N-dealkylation sites (tertiary alicyclic amines) is 4. The van der Waals surface area contributed by atoms with Gasteiger partial charge in [-0.15, -0.1) is 0 Å². The van der Waals surface area contributed by atoms with E-state index in [0.717, 1.165) is 4.90 Å². The van der Waals surface area contributed by atoms with Crippen LogP contribution in [0.2, 0.25) is 0 Å². The molecule has 400 valence electrons. The van der Waals surface area contributed by atoms with Gasteiger partial charge in [-0.3, -0.25) is 63.4 Å². The number of aldehydes is 1. The highest BCUT2D eigenvalue weighted by Crippen LogP contribution is 2.29. The monoisotopic (exact) mass is 1020 g/mol. The second kappa shape index (κ2) is 27.6. The smallest absolute Gasteiger partial charge is 0.248 e. The molecule has 30 heteroatoms. The predicted octanol–water partition coefficient (Wildman–Crippen LogP) is -9.86. The minimum absolute atomic E-state index is 0.0172. The Kier molecular flexibility index (Phi) is 22.1. The molecule has 0 saturated carbocycles. The molecule has 0 aliphatic carbocycles. The zero-order valence-electron chi connectivity index (χ0n) is 39.8. The van der Waals surface area contributed by atoms with E-state index < -0.39 is 171 Å². The number of amides is 12. The number of hydrazine groups is 1. The van der Waals surface area contributed by atoms with E-state index in [1.54, 1.807) is 0 Å². The lowest BCUT2D eigenvalue weighted by Gasteiger charge is -2.34. The Balaban J connectivity index is 1.22. The van der Waals surface area contributed by atoms with E-state index in [2.05, 4.69) is 42.6 Å². The molecule has 30 nitrogen and oxygen atoms in total. The van der Waals surface area contributed by atoms with Crippen molar-refractivity contribution in [1.29, 1.82) is 0 Å². The van der Waals surface area contributed by atoms with Crippen LogP contribution in [0.3, 0.4) is 0 Å². The summed E-state index contributed by atoms with van der Waals surface area (Å²) in [5.74, 6) is -3.76. The van der Waals surface area contributed by atoms with Gasteiger partial charge in [0.2, 0.25) is 70.9 Å². The first-order chi connectivity index (χ1) is 34.3. The number of carbonyl (C=O) groups is 13. The van der Waals surface area contributed by atoms with Gasteiger partial charge in [-0.05, 0) is 58.3 Å². The van der Waals surface area contributed by atoms with E-state index in [1.807, 2.05) is 0 Å². The van der Waals surface area contributed by atoms with Crippen LogP contribution in [0.4, 0.5) is 0 Å². The number of aliphatic hydroxyl groups is 3. The van der Waals surface area contributed by atoms with Gasteiger partial charge in [0.25, 0.3) is 0 Å². The lowest BCUT2D eigenvalue weighted by atomic mass is 10.1. The highest BCUT2D eigenvalue weighted by molar-refractivity contribution is 5.99. The average molecular weight is 1020 g/mol. The van der Waals surface area contributed by atoms with Crippen LogP contribution in [0.5, 0.6) is 0 Å². The molecule has 0 spiro atoms. The molecule has 0 bridgehead atoms. The second-order valence-corrected chi connectivity index (χ2v) is 17.6. The number of aliphatic hydroxyl groups excluding tert-OH is 3. The molecular formula is C42H66N14O16. The molecule has 4 aliphatic heterocycles. The zero-order valence-corrected chi connectivity index (χ0v) is 39.8. The standard InChI is InChI=1S/C42H66N14O16/c1-22(48-38(68)28-7-3-11-54(28)41(71)30-9-5-13-56(30)42(72)29-8-4-12-55(29)40(70)26(21-60)52-44)35(65)46-17-34(64)50-24(19-58)36(66)51-25(20-59)39(69)53-10-2-6-27(53)37(67)47-15-32(62)45-16-33(63)49-23(18-57)14-31(43)61/h18,22-30,52,58-60H,2-17,19-21,44H2,1H3,(H2,43,61)(H,45,62)(H,46,65)(H,47,67)(H,48,68)(H,49,63)(H,50,64)(H,51,66)/t22?,23-,24?,25-,26-,27-,28-,29-,30-/m0/s1. The van der Waals surface area contributed by atoms with Crippen LogP contribution < -0.4 is 54.2 Å². The Labute approximate surface area is 412 Å². The molecular weight excluding hydrogens is 957 g/mol. The van der Waals surface area contributed by atoms with Gasteiger partial charge >= 0.3 is 0 Å². The van der Waals surface area contributed by atoms with Crippen molar-refractivity contribution < 1.29 is 77.6 Å². The highest BCUT2D eigenvalue weighted by Gasteiger charge is 2.46. The molecule has 12 amide bonds. The molecule has 4 rings (SSSR count). The van der Waals surface area contributed by atoms with Crippen LogP contribution in [0.15, 0.2) is 0 Å². The molecule has 4 heterocycles. The third kappa shape index (κ3) is 15.3. The quantitative estimate of drug-likeness (QED) is 0.0229. The van der Waals surface area contributed by atoms with E-state index in [9.17, 15) is 77.6 Å². The Morgan fingerprint density at radius 3 is 1.54 bits per heavy atom. The minimum Gasteiger partial charge on any atom is -0.394 e. The number of hydrogen-bond acceptors (Lipinski definition) is 18. The van der Waals surface area contributed by atoms with Crippen LogP contribution in [-0.4, -0.2) is 232 Å². The van der Waals surface area contributed by atoms with Gasteiger partial charge in [0, 0.05) is 26.2 Å². The summed E-state index contributed by atoms with van der Waals surface area (Å²) < 4.78 is 0. The summed E-state index contributed by atoms with van der Waals surface area (Å²) in [5.41, 5.74) is 7.25. The lowest BCUT2D eigenvalue weighted by Crippen LogP contribution is -2.59. The third-order valence-corrected chi connectivity index (χ3v) is 12.6. The van der Waals surface area contributed by atoms with Gasteiger partial charge < -0.3 is 82.7 Å². The fourth-order valence-corrected chi connectivity index (χ4v) is 8.89. The normalized spacial score (nSPS) is 21.6. The summed E-state index contributed by atoms with van der Waals surface area (Å²) in [6.07, 6.45) is 2.74. The number of nitrogens with two attached hydrogens (primary N) is 2. The van der Waals surface area contributed by atoms with Gasteiger partial charge in [-0.1, -0.05) is 0 Å². The number of nitrogens with one attached hydrogen (secondary N) is 8. The number of nitrogens with zero attached hydrogens (tertiary/aromatic N) is 4. The van der Waals surface area contributed by atoms with Crippen LogP contribution >= 0.6 is 0 Å². The largest absolute Gasteiger partial charge is 0.394 e. The van der Waals surface area contributed by atoms with E-state index in [4.69, 9.17) is 11.6 Å². The topological polar surface area (TPSA) is 444 Å². The maximum Gasteiger partial charge on any atom is 0.248 e. The molecule has 0 aromatic carbocycles. The van der Waals surface area contributed by atoms with Gasteiger partial charge in [-0.25, -0.2) is 5.43 Å². The first-order valence-corrected chi connectivity index (χ1v) is 23.6. The van der Waals surface area contributed by atoms with E-state index >= 15 is 0 Å². The van der Waals surface area contributed by atoms with Crippen molar-refractivity contribution in [2.75, 3.05) is 65.6 Å². The molecule has 0 aromatic rings. The average Bonchev–Trinajstić information content (AvgIpc) is 4.22. The van der Waals surface area contributed by atoms with Crippen LogP contribution in [-0.2, 0) is 62.3 Å². The fraction of sp³-hybridized carbons (Fsp3) is 0.690. The molecule has 2 unspecified atom stereocenters. The van der Waals surface area contributed by atoms with Crippen molar-refractivity contribution in [3.63, 3.8) is 0 Å². The third-order valence-electron chi connectivity index (χ3n) is 12.6. The Hall–Kier alpha value is -6.89. The van der Waals surface area contributed by atoms with E-state index in [0.29, 0.717) is 44.8 Å². The maximum absolute atomic E-state index is 14.0. The molecule has 4 saturated heterocycles. The fourth-order valence-electron chi connectivity index (χ4n) is 8.89. The number of hydrogen-bond donors (Lipinski definition) is 13. The Morgan fingerprint density at radius 2 is 1.00 bits per heavy atom. The minimum atomic E-state index is -1.69. The first-order valence-electron chi connectivity index (χ1n) is 23.6. The zero-order chi connectivity index (χ0) is 53.2. The number of primary amides is 1. The van der Waals surface area contributed by atoms with Crippen molar-refractivity contribution in [3.8, 4) is 0 Å². The molecule has 0 aromatic heterocycles. The summed E-state index contributed by atoms with van der Waals surface area (Å²) in [6, 6.07) is -10.8. The molecule has 15 N–H and O–H groups in total. The van der Waals surface area contributed by atoms with Crippen molar-refractivity contribution in [1.82, 2.24) is 62.2 Å². The van der Waals surface area contributed by atoms with Gasteiger partial charge in [-0.2, -0.15) is 0 Å². The Morgan fingerprint density at radius 1 is 0.542 bits per heavy atom. The van der Waals surface area contributed by atoms with Gasteiger partial charge in [0.15, 0.2) is 0 Å². The molecule has 0 radical (unpaired) electrons. The second-order valence-electron chi connectivity index (χ2n) is 17.6.